The Bertz CT molecular complexity index is 940. The Labute approximate surface area is 156 Å². The van der Waals surface area contributed by atoms with Crippen LogP contribution in [0.25, 0.3) is 11.1 Å². The summed E-state index contributed by atoms with van der Waals surface area (Å²) >= 11 is 0. The van der Waals surface area contributed by atoms with Crippen LogP contribution >= 0.6 is 0 Å². The fourth-order valence-electron chi connectivity index (χ4n) is 2.34. The molecule has 0 radical (unpaired) electrons. The van der Waals surface area contributed by atoms with Gasteiger partial charge in [-0.2, -0.15) is 10.2 Å². The molecule has 0 saturated heterocycles. The Morgan fingerprint density at radius 3 is 1.65 bits per heavy atom. The quantitative estimate of drug-likeness (QED) is 0.275. The molecule has 26 heavy (non-hydrogen) atoms. The maximum atomic E-state index is 4.28. The molecule has 3 aromatic rings. The first kappa shape index (κ1) is 17.8. The van der Waals surface area contributed by atoms with E-state index in [-0.39, 0.29) is 0 Å². The number of hydrogen-bond acceptors (Lipinski definition) is 2. The first-order valence-electron chi connectivity index (χ1n) is 8.70. The first-order valence-corrected chi connectivity index (χ1v) is 12.2. The van der Waals surface area contributed by atoms with Gasteiger partial charge in [0.2, 0.25) is 0 Å². The second-order valence-corrected chi connectivity index (χ2v) is 11.9. The fraction of sp³-hybridized carbons (Fsp3) is 0.130. The molecule has 0 heterocycles. The van der Waals surface area contributed by atoms with Crippen molar-refractivity contribution < 1.29 is 0 Å². The highest BCUT2D eigenvalue weighted by Gasteiger charge is 2.07. The number of nitrogens with zero attached hydrogens (tertiary/aromatic N) is 2. The molecule has 0 bridgehead atoms. The number of azo groups is 1. The number of rotatable bonds is 3. The van der Waals surface area contributed by atoms with Crippen LogP contribution in [-0.4, -0.2) is 8.07 Å². The Hall–Kier alpha value is -2.96. The molecule has 0 amide bonds. The zero-order valence-electron chi connectivity index (χ0n) is 15.4. The van der Waals surface area contributed by atoms with Gasteiger partial charge in [-0.25, -0.2) is 0 Å². The lowest BCUT2D eigenvalue weighted by molar-refractivity contribution is 1.23. The third-order valence-electron chi connectivity index (χ3n) is 3.70. The van der Waals surface area contributed by atoms with Crippen molar-refractivity contribution in [2.24, 2.45) is 10.2 Å². The summed E-state index contributed by atoms with van der Waals surface area (Å²) in [5.74, 6) is 3.29. The minimum Gasteiger partial charge on any atom is -0.151 e. The summed E-state index contributed by atoms with van der Waals surface area (Å²) in [7, 11) is -1.34. The van der Waals surface area contributed by atoms with E-state index in [2.05, 4.69) is 77.7 Å². The van der Waals surface area contributed by atoms with Crippen LogP contribution in [0.2, 0.25) is 19.6 Å². The normalized spacial score (nSPS) is 11.2. The van der Waals surface area contributed by atoms with Crippen molar-refractivity contribution in [2.75, 3.05) is 0 Å². The molecule has 0 aliphatic carbocycles. The van der Waals surface area contributed by atoms with Crippen molar-refractivity contribution in [3.8, 4) is 22.6 Å². The van der Waals surface area contributed by atoms with Gasteiger partial charge in [0, 0.05) is 5.56 Å². The lowest BCUT2D eigenvalue weighted by Gasteiger charge is -2.04. The highest BCUT2D eigenvalue weighted by atomic mass is 28.3. The van der Waals surface area contributed by atoms with Crippen molar-refractivity contribution in [1.82, 2.24) is 0 Å². The van der Waals surface area contributed by atoms with Crippen molar-refractivity contribution in [1.29, 1.82) is 0 Å². The molecule has 0 N–H and O–H groups in total. The Kier molecular flexibility index (Phi) is 5.45. The standard InChI is InChI=1S/C23H22N2Si/c1-26(2,3)18-17-19-9-11-20(12-10-19)21-13-15-23(16-14-21)25-24-22-7-5-4-6-8-22/h4-16H,1-3H3. The summed E-state index contributed by atoms with van der Waals surface area (Å²) in [5, 5.41) is 8.53. The smallest absolute Gasteiger partial charge is 0.129 e. The lowest BCUT2D eigenvalue weighted by atomic mass is 10.0. The van der Waals surface area contributed by atoms with Gasteiger partial charge in [-0.1, -0.05) is 68.0 Å². The highest BCUT2D eigenvalue weighted by Crippen LogP contribution is 2.24. The van der Waals surface area contributed by atoms with Crippen molar-refractivity contribution >= 4 is 19.4 Å². The first-order chi connectivity index (χ1) is 12.5. The Morgan fingerprint density at radius 1 is 0.615 bits per heavy atom. The van der Waals surface area contributed by atoms with E-state index in [1.54, 1.807) is 0 Å². The maximum absolute atomic E-state index is 4.28. The van der Waals surface area contributed by atoms with Crippen LogP contribution in [0.4, 0.5) is 11.4 Å². The zero-order valence-corrected chi connectivity index (χ0v) is 16.4. The number of hydrogen-bond donors (Lipinski definition) is 0. The van der Waals surface area contributed by atoms with Crippen LogP contribution in [0.3, 0.4) is 0 Å². The molecule has 2 nitrogen and oxygen atoms in total. The molecule has 0 atom stereocenters. The van der Waals surface area contributed by atoms with Crippen LogP contribution in [-0.2, 0) is 0 Å². The highest BCUT2D eigenvalue weighted by molar-refractivity contribution is 6.83. The molecule has 0 spiro atoms. The van der Waals surface area contributed by atoms with Gasteiger partial charge >= 0.3 is 0 Å². The van der Waals surface area contributed by atoms with Crippen molar-refractivity contribution in [2.45, 2.75) is 19.6 Å². The monoisotopic (exact) mass is 354 g/mol. The van der Waals surface area contributed by atoms with E-state index in [1.165, 1.54) is 5.56 Å². The summed E-state index contributed by atoms with van der Waals surface area (Å²) in [6, 6.07) is 26.3. The van der Waals surface area contributed by atoms with Gasteiger partial charge in [0.25, 0.3) is 0 Å². The van der Waals surface area contributed by atoms with Crippen molar-refractivity contribution in [3.63, 3.8) is 0 Å². The predicted molar refractivity (Wildman–Crippen MR) is 113 cm³/mol. The minimum atomic E-state index is -1.34. The third kappa shape index (κ3) is 5.27. The molecule has 3 aromatic carbocycles. The topological polar surface area (TPSA) is 24.7 Å². The van der Waals surface area contributed by atoms with E-state index < -0.39 is 8.07 Å². The molecule has 0 saturated carbocycles. The van der Waals surface area contributed by atoms with Crippen LogP contribution in [0.15, 0.2) is 89.1 Å². The molecule has 3 rings (SSSR count). The Morgan fingerprint density at radius 2 is 1.12 bits per heavy atom. The largest absolute Gasteiger partial charge is 0.151 e. The molecule has 0 aromatic heterocycles. The van der Waals surface area contributed by atoms with Gasteiger partial charge in [-0.3, -0.25) is 0 Å². The van der Waals surface area contributed by atoms with Gasteiger partial charge in [0.15, 0.2) is 0 Å². The van der Waals surface area contributed by atoms with Gasteiger partial charge < -0.3 is 0 Å². The predicted octanol–water partition coefficient (Wildman–Crippen LogP) is 7.00. The van der Waals surface area contributed by atoms with Crippen molar-refractivity contribution in [3.05, 3.63) is 84.4 Å². The summed E-state index contributed by atoms with van der Waals surface area (Å²) in [4.78, 5) is 0. The zero-order chi connectivity index (χ0) is 18.4. The maximum Gasteiger partial charge on any atom is 0.129 e. The summed E-state index contributed by atoms with van der Waals surface area (Å²) < 4.78 is 0. The van der Waals surface area contributed by atoms with E-state index >= 15 is 0 Å². The number of benzene rings is 3. The van der Waals surface area contributed by atoms with Gasteiger partial charge in [-0.05, 0) is 47.5 Å². The molecular weight excluding hydrogens is 332 g/mol. The second-order valence-electron chi connectivity index (χ2n) is 7.16. The molecule has 0 aliphatic heterocycles. The van der Waals surface area contributed by atoms with Gasteiger partial charge in [0.05, 0.1) is 11.4 Å². The lowest BCUT2D eigenvalue weighted by Crippen LogP contribution is -2.16. The molecule has 0 fully saturated rings. The molecule has 128 valence electrons. The minimum absolute atomic E-state index is 0.843. The summed E-state index contributed by atoms with van der Waals surface area (Å²) in [6.45, 7) is 6.77. The summed E-state index contributed by atoms with van der Waals surface area (Å²) in [6.07, 6.45) is 0. The van der Waals surface area contributed by atoms with Crippen LogP contribution in [0, 0.1) is 11.5 Å². The molecule has 0 unspecified atom stereocenters. The van der Waals surface area contributed by atoms with E-state index in [9.17, 15) is 0 Å². The third-order valence-corrected chi connectivity index (χ3v) is 4.58. The molecular formula is C23H22N2Si. The van der Waals surface area contributed by atoms with Crippen LogP contribution in [0.1, 0.15) is 5.56 Å². The van der Waals surface area contributed by atoms with E-state index in [4.69, 9.17) is 0 Å². The average molecular weight is 355 g/mol. The average Bonchev–Trinajstić information content (AvgIpc) is 2.66. The SMILES string of the molecule is C[Si](C)(C)C#Cc1ccc(-c2ccc(N=Nc3ccccc3)cc2)cc1. The van der Waals surface area contributed by atoms with Crippen LogP contribution < -0.4 is 0 Å². The second kappa shape index (κ2) is 7.94. The fourth-order valence-corrected chi connectivity index (χ4v) is 2.86. The van der Waals surface area contributed by atoms with Gasteiger partial charge in [0.1, 0.15) is 8.07 Å². The van der Waals surface area contributed by atoms with E-state index in [0.29, 0.717) is 0 Å². The molecule has 3 heteroatoms. The Balaban J connectivity index is 1.72. The van der Waals surface area contributed by atoms with E-state index in [0.717, 1.165) is 22.5 Å². The van der Waals surface area contributed by atoms with Gasteiger partial charge in [-0.15, -0.1) is 5.54 Å². The van der Waals surface area contributed by atoms with Crippen LogP contribution in [0.5, 0.6) is 0 Å². The summed E-state index contributed by atoms with van der Waals surface area (Å²) in [5.41, 5.74) is 8.50. The molecule has 0 aliphatic rings. The van der Waals surface area contributed by atoms with E-state index in [1.807, 2.05) is 42.5 Å².